The lowest BCUT2D eigenvalue weighted by Crippen LogP contribution is -2.39. The molecule has 120 valence electrons. The lowest BCUT2D eigenvalue weighted by Gasteiger charge is -2.35. The molecule has 2 rings (SSSR count). The van der Waals surface area contributed by atoms with Crippen LogP contribution in [0.5, 0.6) is 0 Å². The highest BCUT2D eigenvalue weighted by Gasteiger charge is 2.42. The second kappa shape index (κ2) is 5.71. The molecule has 2 nitrogen and oxygen atoms in total. The highest BCUT2D eigenvalue weighted by atomic mass is 19.4. The quantitative estimate of drug-likeness (QED) is 0.719. The highest BCUT2D eigenvalue weighted by molar-refractivity contribution is 5.59. The Bertz CT molecular complexity index is 576. The largest absolute Gasteiger partial charge is 0.418 e. The average Bonchev–Trinajstić information content (AvgIpc) is 2.45. The molecule has 0 spiro atoms. The fourth-order valence-electron chi connectivity index (χ4n) is 2.55. The molecule has 0 aliphatic carbocycles. The van der Waals surface area contributed by atoms with Gasteiger partial charge >= 0.3 is 12.4 Å². The van der Waals surface area contributed by atoms with Crippen molar-refractivity contribution in [2.75, 3.05) is 18.0 Å². The second-order valence-corrected chi connectivity index (χ2v) is 5.14. The van der Waals surface area contributed by atoms with Crippen molar-refractivity contribution in [2.24, 2.45) is 5.92 Å². The normalized spacial score (nSPS) is 17.4. The lowest BCUT2D eigenvalue weighted by atomic mass is 9.95. The molecule has 22 heavy (non-hydrogen) atoms. The van der Waals surface area contributed by atoms with Gasteiger partial charge in [-0.25, -0.2) is 0 Å². The number of hydrogen-bond donors (Lipinski definition) is 0. The Kier molecular flexibility index (Phi) is 4.27. The predicted octanol–water partition coefficient (Wildman–Crippen LogP) is 4.36. The summed E-state index contributed by atoms with van der Waals surface area (Å²) in [6.07, 6.45) is -9.45. The molecule has 0 amide bonds. The van der Waals surface area contributed by atoms with E-state index in [1.54, 1.807) is 6.07 Å². The Balaban J connectivity index is 2.28. The first-order chi connectivity index (χ1) is 10.1. The van der Waals surface area contributed by atoms with Gasteiger partial charge in [-0.05, 0) is 31.0 Å². The van der Waals surface area contributed by atoms with Gasteiger partial charge in [0.2, 0.25) is 0 Å². The van der Waals surface area contributed by atoms with Gasteiger partial charge in [0.1, 0.15) is 0 Å². The van der Waals surface area contributed by atoms with Gasteiger partial charge in [-0.1, -0.05) is 0 Å². The average molecular weight is 322 g/mol. The van der Waals surface area contributed by atoms with E-state index in [-0.39, 0.29) is 37.2 Å². The molecule has 0 saturated carbocycles. The summed E-state index contributed by atoms with van der Waals surface area (Å²) in [5.41, 5.74) is -1.12. The van der Waals surface area contributed by atoms with Crippen LogP contribution in [0.2, 0.25) is 0 Å². The lowest BCUT2D eigenvalue weighted by molar-refractivity contribution is -0.179. The summed E-state index contributed by atoms with van der Waals surface area (Å²) < 4.78 is 76.9. The van der Waals surface area contributed by atoms with Crippen LogP contribution in [-0.4, -0.2) is 19.3 Å². The van der Waals surface area contributed by atoms with Crippen molar-refractivity contribution in [2.45, 2.75) is 25.2 Å². The fraction of sp³-hybridized carbons (Fsp3) is 0.500. The summed E-state index contributed by atoms with van der Waals surface area (Å²) in [7, 11) is 0. The first-order valence-corrected chi connectivity index (χ1v) is 6.56. The number of nitrogens with zero attached hydrogens (tertiary/aromatic N) is 2. The van der Waals surface area contributed by atoms with Crippen LogP contribution in [0, 0.1) is 17.2 Å². The van der Waals surface area contributed by atoms with Gasteiger partial charge in [0.25, 0.3) is 0 Å². The number of rotatable bonds is 1. The Labute approximate surface area is 122 Å². The van der Waals surface area contributed by atoms with Gasteiger partial charge in [0.05, 0.1) is 28.8 Å². The Hall–Kier alpha value is -1.91. The number of nitriles is 1. The third-order valence-electron chi connectivity index (χ3n) is 3.73. The molecule has 0 radical (unpaired) electrons. The molecular formula is C14H12F6N2. The molecule has 1 aliphatic heterocycles. The summed E-state index contributed by atoms with van der Waals surface area (Å²) in [6.45, 7) is -0.246. The number of piperidine rings is 1. The van der Waals surface area contributed by atoms with Crippen LogP contribution in [0.3, 0.4) is 0 Å². The van der Waals surface area contributed by atoms with E-state index in [1.807, 2.05) is 0 Å². The Morgan fingerprint density at radius 3 is 2.09 bits per heavy atom. The van der Waals surface area contributed by atoms with Crippen LogP contribution in [0.4, 0.5) is 32.0 Å². The fourth-order valence-corrected chi connectivity index (χ4v) is 2.55. The van der Waals surface area contributed by atoms with Crippen LogP contribution in [-0.2, 0) is 6.18 Å². The van der Waals surface area contributed by atoms with Gasteiger partial charge in [-0.15, -0.1) is 0 Å². The van der Waals surface area contributed by atoms with Crippen LogP contribution >= 0.6 is 0 Å². The van der Waals surface area contributed by atoms with E-state index in [0.717, 1.165) is 18.2 Å². The van der Waals surface area contributed by atoms with E-state index in [4.69, 9.17) is 5.26 Å². The van der Waals surface area contributed by atoms with Crippen molar-refractivity contribution in [3.05, 3.63) is 29.3 Å². The van der Waals surface area contributed by atoms with Crippen LogP contribution in [0.25, 0.3) is 0 Å². The maximum atomic E-state index is 13.0. The standard InChI is InChI=1S/C14H12F6N2/c15-13(16,17)10-3-5-22(6-4-10)12-7-9(8-21)1-2-11(12)14(18,19)20/h1-2,7,10H,3-6H2. The van der Waals surface area contributed by atoms with Gasteiger partial charge in [0.15, 0.2) is 0 Å². The summed E-state index contributed by atoms with van der Waals surface area (Å²) in [5, 5.41) is 8.80. The number of halogens is 6. The molecule has 0 atom stereocenters. The van der Waals surface area contributed by atoms with E-state index < -0.39 is 23.8 Å². The van der Waals surface area contributed by atoms with Crippen molar-refractivity contribution < 1.29 is 26.3 Å². The highest BCUT2D eigenvalue weighted by Crippen LogP contribution is 2.40. The van der Waals surface area contributed by atoms with Crippen LogP contribution < -0.4 is 4.90 Å². The molecule has 0 bridgehead atoms. The second-order valence-electron chi connectivity index (χ2n) is 5.14. The van der Waals surface area contributed by atoms with E-state index in [0.29, 0.717) is 0 Å². The molecule has 1 aromatic rings. The summed E-state index contributed by atoms with van der Waals surface area (Å²) >= 11 is 0. The van der Waals surface area contributed by atoms with Crippen molar-refractivity contribution in [3.8, 4) is 6.07 Å². The minimum absolute atomic E-state index is 0.0425. The first-order valence-electron chi connectivity index (χ1n) is 6.56. The van der Waals surface area contributed by atoms with E-state index in [1.165, 1.54) is 4.90 Å². The molecule has 1 saturated heterocycles. The van der Waals surface area contributed by atoms with Gasteiger partial charge < -0.3 is 4.90 Å². The SMILES string of the molecule is N#Cc1ccc(C(F)(F)F)c(N2CCC(C(F)(F)F)CC2)c1. The topological polar surface area (TPSA) is 27.0 Å². The van der Waals surface area contributed by atoms with Gasteiger partial charge in [-0.2, -0.15) is 31.6 Å². The zero-order valence-electron chi connectivity index (χ0n) is 11.3. The minimum Gasteiger partial charge on any atom is -0.371 e. The van der Waals surface area contributed by atoms with Crippen molar-refractivity contribution in [1.82, 2.24) is 0 Å². The number of benzene rings is 1. The Morgan fingerprint density at radius 1 is 1.05 bits per heavy atom. The van der Waals surface area contributed by atoms with Gasteiger partial charge in [0, 0.05) is 13.1 Å². The molecule has 1 heterocycles. The maximum Gasteiger partial charge on any atom is 0.418 e. The van der Waals surface area contributed by atoms with Crippen molar-refractivity contribution >= 4 is 5.69 Å². The third-order valence-corrected chi connectivity index (χ3v) is 3.73. The Morgan fingerprint density at radius 2 is 1.64 bits per heavy atom. The zero-order valence-corrected chi connectivity index (χ0v) is 11.3. The van der Waals surface area contributed by atoms with E-state index in [9.17, 15) is 26.3 Å². The van der Waals surface area contributed by atoms with E-state index in [2.05, 4.69) is 0 Å². The van der Waals surface area contributed by atoms with Crippen LogP contribution in [0.1, 0.15) is 24.0 Å². The first kappa shape index (κ1) is 16.5. The molecule has 0 aromatic heterocycles. The van der Waals surface area contributed by atoms with E-state index >= 15 is 0 Å². The molecular weight excluding hydrogens is 310 g/mol. The summed E-state index contributed by atoms with van der Waals surface area (Å²) in [6, 6.07) is 4.67. The minimum atomic E-state index is -4.62. The van der Waals surface area contributed by atoms with Crippen molar-refractivity contribution in [1.29, 1.82) is 5.26 Å². The number of anilines is 1. The maximum absolute atomic E-state index is 13.0. The summed E-state index contributed by atoms with van der Waals surface area (Å²) in [4.78, 5) is 1.27. The van der Waals surface area contributed by atoms with Crippen LogP contribution in [0.15, 0.2) is 18.2 Å². The smallest absolute Gasteiger partial charge is 0.371 e. The molecule has 0 N–H and O–H groups in total. The third kappa shape index (κ3) is 3.46. The predicted molar refractivity (Wildman–Crippen MR) is 67.2 cm³/mol. The molecule has 1 aliphatic rings. The molecule has 0 unspecified atom stereocenters. The molecule has 1 aromatic carbocycles. The zero-order chi connectivity index (χ0) is 16.5. The van der Waals surface area contributed by atoms with Gasteiger partial charge in [-0.3, -0.25) is 0 Å². The molecule has 8 heteroatoms. The number of alkyl halides is 6. The van der Waals surface area contributed by atoms with Crippen molar-refractivity contribution in [3.63, 3.8) is 0 Å². The number of hydrogen-bond acceptors (Lipinski definition) is 2. The summed E-state index contributed by atoms with van der Waals surface area (Å²) in [5.74, 6) is -1.49. The monoisotopic (exact) mass is 322 g/mol. The molecule has 1 fully saturated rings.